The number of aliphatic hydroxyl groups is 1. The smallest absolute Gasteiger partial charge is 0.308 e. The number of nitrogens with zero attached hydrogens (tertiary/aromatic N) is 1. The Morgan fingerprint density at radius 1 is 1.08 bits per heavy atom. The van der Waals surface area contributed by atoms with Gasteiger partial charge in [-0.1, -0.05) is 93.6 Å². The van der Waals surface area contributed by atoms with E-state index in [2.05, 4.69) is 32.2 Å². The molecule has 4 atom stereocenters. The van der Waals surface area contributed by atoms with Crippen LogP contribution in [0.4, 0.5) is 0 Å². The lowest BCUT2D eigenvalue weighted by Gasteiger charge is -2.48. The summed E-state index contributed by atoms with van der Waals surface area (Å²) < 4.78 is 11.8. The van der Waals surface area contributed by atoms with Crippen molar-refractivity contribution in [1.82, 2.24) is 5.32 Å². The summed E-state index contributed by atoms with van der Waals surface area (Å²) in [5.74, 6) is -2.18. The summed E-state index contributed by atoms with van der Waals surface area (Å²) in [7, 11) is -1.80. The largest absolute Gasteiger partial charge is 0.469 e. The van der Waals surface area contributed by atoms with Crippen LogP contribution < -0.4 is 15.7 Å². The molecule has 0 radical (unpaired) electrons. The number of hydrogen-bond donors (Lipinski definition) is 2. The van der Waals surface area contributed by atoms with E-state index in [0.29, 0.717) is 0 Å². The highest BCUT2D eigenvalue weighted by Gasteiger charge is 2.55. The molecular formula is C29H36Cl2N2O5Si. The van der Waals surface area contributed by atoms with Crippen molar-refractivity contribution >= 4 is 53.8 Å². The maximum Gasteiger partial charge on any atom is 0.308 e. The van der Waals surface area contributed by atoms with Gasteiger partial charge in [0.2, 0.25) is 5.91 Å². The summed E-state index contributed by atoms with van der Waals surface area (Å²) in [6.45, 7) is 7.68. The lowest BCUT2D eigenvalue weighted by atomic mass is 9.73. The molecule has 1 aliphatic carbocycles. The first-order valence-electron chi connectivity index (χ1n) is 12.5. The minimum Gasteiger partial charge on any atom is -0.469 e. The van der Waals surface area contributed by atoms with E-state index in [9.17, 15) is 20.0 Å². The molecule has 0 aliphatic heterocycles. The normalized spacial score (nSPS) is 22.6. The number of aliphatic hydroxyl groups excluding tert-OH is 1. The van der Waals surface area contributed by atoms with E-state index in [1.54, 1.807) is 12.2 Å². The molecule has 10 heteroatoms. The van der Waals surface area contributed by atoms with Crippen LogP contribution in [-0.2, 0) is 18.8 Å². The number of amides is 1. The molecule has 0 saturated carbocycles. The van der Waals surface area contributed by atoms with Crippen molar-refractivity contribution in [3.63, 3.8) is 0 Å². The van der Waals surface area contributed by atoms with Gasteiger partial charge in [-0.15, -0.1) is 23.2 Å². The summed E-state index contributed by atoms with van der Waals surface area (Å²) in [5.41, 5.74) is -1.42. The Labute approximate surface area is 241 Å². The minimum atomic E-state index is -3.04. The third kappa shape index (κ3) is 7.30. The molecule has 3 rings (SSSR count). The molecule has 210 valence electrons. The van der Waals surface area contributed by atoms with E-state index in [-0.39, 0.29) is 16.8 Å². The fourth-order valence-corrected chi connectivity index (χ4v) is 9.79. The zero-order valence-electron chi connectivity index (χ0n) is 22.9. The van der Waals surface area contributed by atoms with Crippen LogP contribution in [-0.4, -0.2) is 55.5 Å². The topological polar surface area (TPSA) is 109 Å². The van der Waals surface area contributed by atoms with Gasteiger partial charge in [0.05, 0.1) is 36.6 Å². The third-order valence-corrected chi connectivity index (χ3v) is 11.8. The van der Waals surface area contributed by atoms with E-state index in [4.69, 9.17) is 32.4 Å². The number of nitriles is 1. The number of methoxy groups -OCH3 is 1. The highest BCUT2D eigenvalue weighted by atomic mass is 35.5. The molecule has 7 nitrogen and oxygen atoms in total. The number of nitrogens with one attached hydrogen (secondary N) is 1. The molecule has 2 aromatic carbocycles. The Balaban J connectivity index is 0.00000170. The van der Waals surface area contributed by atoms with Crippen LogP contribution >= 0.6 is 23.2 Å². The number of carbonyl (C=O) groups is 2. The summed E-state index contributed by atoms with van der Waals surface area (Å²) in [6.07, 6.45) is 0.824. The molecule has 0 fully saturated rings. The minimum absolute atomic E-state index is 0.194. The second-order valence-corrected chi connectivity index (χ2v) is 15.3. The molecule has 0 saturated heterocycles. The second-order valence-electron chi connectivity index (χ2n) is 10.3. The van der Waals surface area contributed by atoms with Gasteiger partial charge in [0.25, 0.3) is 8.32 Å². The maximum absolute atomic E-state index is 12.2. The van der Waals surface area contributed by atoms with Crippen molar-refractivity contribution in [3.8, 4) is 6.07 Å². The average molecular weight is 592 g/mol. The van der Waals surface area contributed by atoms with Crippen LogP contribution in [0.15, 0.2) is 72.8 Å². The standard InChI is InChI=1S/C28H34N2O5Si.CH2Cl2/c1-20(31)30-28(18-25(32)34-5)17-16-24(26(33)23(28)19-29)35-36(27(2,3)4,21-12-8-6-9-13-21)22-14-10-7-11-15-22;2-1-3/h6-17,23-24,26,33H,18H2,1-5H3,(H,30,31);1H2/t23-,24+,26+,28+;/m0./s1. The number of alkyl halides is 2. The SMILES string of the molecule is COC(=O)C[C@]1(NC(C)=O)C=C[C@@H](O[Si](c2ccccc2)(c2ccccc2)C(C)(C)C)[C@H](O)[C@@H]1C#N.ClCCl. The first kappa shape index (κ1) is 32.5. The molecule has 0 unspecified atom stereocenters. The van der Waals surface area contributed by atoms with Crippen molar-refractivity contribution in [2.75, 3.05) is 12.4 Å². The molecule has 1 amide bonds. The Hall–Kier alpha value is -2.67. The van der Waals surface area contributed by atoms with Crippen LogP contribution in [0.1, 0.15) is 34.1 Å². The number of ether oxygens (including phenoxy) is 1. The highest BCUT2D eigenvalue weighted by Crippen LogP contribution is 2.41. The number of hydrogen-bond acceptors (Lipinski definition) is 6. The average Bonchev–Trinajstić information content (AvgIpc) is 2.89. The molecular weight excluding hydrogens is 555 g/mol. The zero-order valence-corrected chi connectivity index (χ0v) is 25.4. The van der Waals surface area contributed by atoms with Crippen LogP contribution in [0, 0.1) is 17.2 Å². The van der Waals surface area contributed by atoms with Crippen molar-refractivity contribution in [1.29, 1.82) is 5.26 Å². The Morgan fingerprint density at radius 3 is 1.95 bits per heavy atom. The summed E-state index contributed by atoms with van der Waals surface area (Å²) in [5, 5.41) is 26.3. The molecule has 0 heterocycles. The van der Waals surface area contributed by atoms with Crippen LogP contribution in [0.3, 0.4) is 0 Å². The molecule has 39 heavy (non-hydrogen) atoms. The summed E-state index contributed by atoms with van der Waals surface area (Å²) in [4.78, 5) is 24.3. The number of halogens is 2. The molecule has 2 N–H and O–H groups in total. The van der Waals surface area contributed by atoms with Crippen LogP contribution in [0.2, 0.25) is 5.04 Å². The maximum atomic E-state index is 12.2. The Morgan fingerprint density at radius 2 is 1.56 bits per heavy atom. The number of esters is 1. The fourth-order valence-electron chi connectivity index (χ4n) is 5.15. The van der Waals surface area contributed by atoms with Gasteiger partial charge < -0.3 is 19.6 Å². The lowest BCUT2D eigenvalue weighted by Crippen LogP contribution is -2.69. The number of rotatable bonds is 7. The first-order valence-corrected chi connectivity index (χ1v) is 15.4. The molecule has 2 aromatic rings. The van der Waals surface area contributed by atoms with Gasteiger partial charge in [-0.05, 0) is 15.4 Å². The monoisotopic (exact) mass is 590 g/mol. The van der Waals surface area contributed by atoms with Gasteiger partial charge in [0, 0.05) is 6.92 Å². The Kier molecular flexibility index (Phi) is 11.8. The van der Waals surface area contributed by atoms with E-state index < -0.39 is 43.9 Å². The number of carbonyl (C=O) groups excluding carboxylic acids is 2. The van der Waals surface area contributed by atoms with E-state index in [1.165, 1.54) is 14.0 Å². The van der Waals surface area contributed by atoms with Gasteiger partial charge in [0.15, 0.2) is 0 Å². The van der Waals surface area contributed by atoms with Crippen molar-refractivity contribution in [2.24, 2.45) is 5.92 Å². The molecule has 1 aliphatic rings. The predicted molar refractivity (Wildman–Crippen MR) is 156 cm³/mol. The van der Waals surface area contributed by atoms with Crippen LogP contribution in [0.25, 0.3) is 0 Å². The van der Waals surface area contributed by atoms with Gasteiger partial charge in [-0.25, -0.2) is 0 Å². The highest BCUT2D eigenvalue weighted by molar-refractivity contribution is 6.99. The predicted octanol–water partition coefficient (Wildman–Crippen LogP) is 3.86. The lowest BCUT2D eigenvalue weighted by molar-refractivity contribution is -0.143. The number of benzene rings is 2. The molecule has 0 spiro atoms. The van der Waals surface area contributed by atoms with Gasteiger partial charge in [0.1, 0.15) is 12.0 Å². The molecule has 0 aromatic heterocycles. The zero-order chi connectivity index (χ0) is 29.3. The van der Waals surface area contributed by atoms with Crippen molar-refractivity contribution < 1.29 is 23.9 Å². The van der Waals surface area contributed by atoms with Gasteiger partial charge in [-0.3, -0.25) is 9.59 Å². The van der Waals surface area contributed by atoms with E-state index in [0.717, 1.165) is 10.4 Å². The molecule has 0 bridgehead atoms. The van der Waals surface area contributed by atoms with Crippen molar-refractivity contribution in [2.45, 2.75) is 56.9 Å². The summed E-state index contributed by atoms with van der Waals surface area (Å²) in [6, 6.07) is 22.1. The van der Waals surface area contributed by atoms with Gasteiger partial charge >= 0.3 is 5.97 Å². The Bertz CT molecular complexity index is 1130. The second kappa shape index (κ2) is 14.1. The third-order valence-electron chi connectivity index (χ3n) is 6.76. The van der Waals surface area contributed by atoms with Crippen molar-refractivity contribution in [3.05, 3.63) is 72.8 Å². The quantitative estimate of drug-likeness (QED) is 0.219. The van der Waals surface area contributed by atoms with Gasteiger partial charge in [-0.2, -0.15) is 5.26 Å². The van der Waals surface area contributed by atoms with E-state index in [1.807, 2.05) is 60.7 Å². The van der Waals surface area contributed by atoms with E-state index >= 15 is 0 Å². The fraction of sp³-hybridized carbons (Fsp3) is 0.414. The van der Waals surface area contributed by atoms with Crippen LogP contribution in [0.5, 0.6) is 0 Å². The first-order chi connectivity index (χ1) is 18.4. The summed E-state index contributed by atoms with van der Waals surface area (Å²) >= 11 is 9.53.